The number of nitrogens with zero attached hydrogens (tertiary/aromatic N) is 2. The Hall–Kier alpha value is -1.55. The van der Waals surface area contributed by atoms with Gasteiger partial charge in [0.15, 0.2) is 0 Å². The van der Waals surface area contributed by atoms with Gasteiger partial charge in [0, 0.05) is 18.1 Å². The molecule has 1 aromatic heterocycles. The van der Waals surface area contributed by atoms with Crippen molar-refractivity contribution in [2.75, 3.05) is 18.1 Å². The Balaban J connectivity index is 1.99. The van der Waals surface area contributed by atoms with Gasteiger partial charge in [-0.3, -0.25) is 0 Å². The molecule has 0 radical (unpaired) electrons. The molecule has 4 heteroatoms. The lowest BCUT2D eigenvalue weighted by Crippen LogP contribution is -2.18. The summed E-state index contributed by atoms with van der Waals surface area (Å²) < 4.78 is 5.77. The standard InChI is InChI=1S/C15H15BrN2O/c16-10-12-6-7-15(17-11-12)18-8-3-9-19-14-5-2-1-4-13(14)18/h1-2,4-7,11H,3,8-10H2. The first-order chi connectivity index (χ1) is 9.38. The molecule has 98 valence electrons. The lowest BCUT2D eigenvalue weighted by atomic mass is 10.2. The number of halogens is 1. The third kappa shape index (κ3) is 2.59. The van der Waals surface area contributed by atoms with Crippen molar-refractivity contribution in [1.82, 2.24) is 4.98 Å². The van der Waals surface area contributed by atoms with Gasteiger partial charge >= 0.3 is 0 Å². The average molecular weight is 319 g/mol. The van der Waals surface area contributed by atoms with Crippen LogP contribution in [0, 0.1) is 0 Å². The second kappa shape index (κ2) is 5.61. The number of para-hydroxylation sites is 2. The second-order valence-corrected chi connectivity index (χ2v) is 5.04. The smallest absolute Gasteiger partial charge is 0.142 e. The number of hydrogen-bond acceptors (Lipinski definition) is 3. The number of fused-ring (bicyclic) bond motifs is 1. The highest BCUT2D eigenvalue weighted by Crippen LogP contribution is 2.34. The Labute approximate surface area is 121 Å². The van der Waals surface area contributed by atoms with Crippen molar-refractivity contribution < 1.29 is 4.74 Å². The number of benzene rings is 1. The summed E-state index contributed by atoms with van der Waals surface area (Å²) in [6, 6.07) is 12.3. The molecule has 0 bridgehead atoms. The van der Waals surface area contributed by atoms with Crippen LogP contribution in [0.2, 0.25) is 0 Å². The molecule has 0 amide bonds. The predicted octanol–water partition coefficient (Wildman–Crippen LogP) is 3.90. The van der Waals surface area contributed by atoms with Crippen LogP contribution in [0.5, 0.6) is 5.75 Å². The van der Waals surface area contributed by atoms with E-state index in [2.05, 4.69) is 44.0 Å². The van der Waals surface area contributed by atoms with Gasteiger partial charge in [0.25, 0.3) is 0 Å². The van der Waals surface area contributed by atoms with E-state index in [1.54, 1.807) is 0 Å². The van der Waals surface area contributed by atoms with Gasteiger partial charge in [0.2, 0.25) is 0 Å². The van der Waals surface area contributed by atoms with Crippen LogP contribution in [-0.4, -0.2) is 18.1 Å². The minimum Gasteiger partial charge on any atom is -0.491 e. The highest BCUT2D eigenvalue weighted by molar-refractivity contribution is 9.08. The van der Waals surface area contributed by atoms with Crippen LogP contribution in [0.15, 0.2) is 42.6 Å². The third-order valence-electron chi connectivity index (χ3n) is 3.18. The van der Waals surface area contributed by atoms with E-state index in [-0.39, 0.29) is 0 Å². The molecule has 0 N–H and O–H groups in total. The van der Waals surface area contributed by atoms with E-state index in [1.807, 2.05) is 24.4 Å². The molecule has 0 saturated heterocycles. The lowest BCUT2D eigenvalue weighted by molar-refractivity contribution is 0.322. The van der Waals surface area contributed by atoms with Crippen LogP contribution in [0.1, 0.15) is 12.0 Å². The summed E-state index contributed by atoms with van der Waals surface area (Å²) in [5, 5.41) is 0.833. The van der Waals surface area contributed by atoms with Gasteiger partial charge in [-0.1, -0.05) is 34.1 Å². The number of hydrogen-bond donors (Lipinski definition) is 0. The maximum atomic E-state index is 5.77. The van der Waals surface area contributed by atoms with E-state index in [1.165, 1.54) is 5.56 Å². The fourth-order valence-electron chi connectivity index (χ4n) is 2.22. The molecular weight excluding hydrogens is 304 g/mol. The van der Waals surface area contributed by atoms with E-state index in [9.17, 15) is 0 Å². The molecule has 0 aliphatic carbocycles. The Morgan fingerprint density at radius 1 is 1.21 bits per heavy atom. The first-order valence-electron chi connectivity index (χ1n) is 6.39. The summed E-state index contributed by atoms with van der Waals surface area (Å²) in [6.45, 7) is 1.69. The lowest BCUT2D eigenvalue weighted by Gasteiger charge is -2.22. The Morgan fingerprint density at radius 2 is 2.11 bits per heavy atom. The van der Waals surface area contributed by atoms with Crippen LogP contribution < -0.4 is 9.64 Å². The topological polar surface area (TPSA) is 25.4 Å². The minimum absolute atomic E-state index is 0.757. The molecular formula is C15H15BrN2O. The molecule has 0 atom stereocenters. The first-order valence-corrected chi connectivity index (χ1v) is 7.51. The number of ether oxygens (including phenoxy) is 1. The number of pyridine rings is 1. The van der Waals surface area contributed by atoms with Crippen molar-refractivity contribution in [2.24, 2.45) is 0 Å². The van der Waals surface area contributed by atoms with E-state index in [4.69, 9.17) is 4.74 Å². The van der Waals surface area contributed by atoms with Gasteiger partial charge in [-0.15, -0.1) is 0 Å². The molecule has 19 heavy (non-hydrogen) atoms. The number of anilines is 2. The number of aromatic nitrogens is 1. The number of alkyl halides is 1. The van der Waals surface area contributed by atoms with E-state index < -0.39 is 0 Å². The fourth-order valence-corrected chi connectivity index (χ4v) is 2.55. The van der Waals surface area contributed by atoms with Crippen LogP contribution >= 0.6 is 15.9 Å². The Bertz CT molecular complexity index is 556. The summed E-state index contributed by atoms with van der Waals surface area (Å²) in [5.41, 5.74) is 2.28. The number of rotatable bonds is 2. The molecule has 1 aliphatic heterocycles. The van der Waals surface area contributed by atoms with Crippen LogP contribution in [0.3, 0.4) is 0 Å². The molecule has 0 spiro atoms. The maximum absolute atomic E-state index is 5.77. The summed E-state index contributed by atoms with van der Waals surface area (Å²) in [5.74, 6) is 1.91. The summed E-state index contributed by atoms with van der Waals surface area (Å²) in [4.78, 5) is 6.78. The Kier molecular flexibility index (Phi) is 3.69. The molecule has 1 aromatic carbocycles. The predicted molar refractivity (Wildman–Crippen MR) is 80.4 cm³/mol. The highest BCUT2D eigenvalue weighted by atomic mass is 79.9. The van der Waals surface area contributed by atoms with E-state index in [0.717, 1.165) is 42.2 Å². The molecule has 3 rings (SSSR count). The Morgan fingerprint density at radius 3 is 2.89 bits per heavy atom. The molecule has 0 fully saturated rings. The summed E-state index contributed by atoms with van der Waals surface area (Å²) >= 11 is 3.44. The van der Waals surface area contributed by atoms with Crippen molar-refractivity contribution in [3.8, 4) is 5.75 Å². The van der Waals surface area contributed by atoms with Gasteiger partial charge in [-0.05, 0) is 30.2 Å². The normalized spacial score (nSPS) is 14.5. The van der Waals surface area contributed by atoms with Crippen molar-refractivity contribution in [2.45, 2.75) is 11.8 Å². The van der Waals surface area contributed by atoms with Crippen molar-refractivity contribution in [3.63, 3.8) is 0 Å². The average Bonchev–Trinajstić information content (AvgIpc) is 2.70. The first kappa shape index (κ1) is 12.5. The van der Waals surface area contributed by atoms with Gasteiger partial charge in [-0.2, -0.15) is 0 Å². The molecule has 0 saturated carbocycles. The maximum Gasteiger partial charge on any atom is 0.142 e. The van der Waals surface area contributed by atoms with E-state index >= 15 is 0 Å². The molecule has 1 aliphatic rings. The van der Waals surface area contributed by atoms with Crippen LogP contribution in [-0.2, 0) is 5.33 Å². The summed E-state index contributed by atoms with van der Waals surface area (Å²) in [7, 11) is 0. The highest BCUT2D eigenvalue weighted by Gasteiger charge is 2.17. The van der Waals surface area contributed by atoms with Gasteiger partial charge in [0.05, 0.1) is 12.3 Å². The van der Waals surface area contributed by atoms with Gasteiger partial charge in [-0.25, -0.2) is 4.98 Å². The SMILES string of the molecule is BrCc1ccc(N2CCCOc3ccccc32)nc1. The van der Waals surface area contributed by atoms with Crippen molar-refractivity contribution in [3.05, 3.63) is 48.2 Å². The van der Waals surface area contributed by atoms with E-state index in [0.29, 0.717) is 0 Å². The van der Waals surface area contributed by atoms with Crippen molar-refractivity contribution >= 4 is 27.4 Å². The second-order valence-electron chi connectivity index (χ2n) is 4.48. The largest absolute Gasteiger partial charge is 0.491 e. The molecule has 2 heterocycles. The zero-order valence-corrected chi connectivity index (χ0v) is 12.1. The third-order valence-corrected chi connectivity index (χ3v) is 3.83. The van der Waals surface area contributed by atoms with Crippen molar-refractivity contribution in [1.29, 1.82) is 0 Å². The summed E-state index contributed by atoms with van der Waals surface area (Å²) in [6.07, 6.45) is 2.91. The monoisotopic (exact) mass is 318 g/mol. The fraction of sp³-hybridized carbons (Fsp3) is 0.267. The van der Waals surface area contributed by atoms with Crippen LogP contribution in [0.4, 0.5) is 11.5 Å². The quantitative estimate of drug-likeness (QED) is 0.785. The molecule has 2 aromatic rings. The van der Waals surface area contributed by atoms with Gasteiger partial charge in [0.1, 0.15) is 11.6 Å². The molecule has 3 nitrogen and oxygen atoms in total. The zero-order valence-electron chi connectivity index (χ0n) is 10.6. The molecule has 0 unspecified atom stereocenters. The van der Waals surface area contributed by atoms with Crippen LogP contribution in [0.25, 0.3) is 0 Å². The zero-order chi connectivity index (χ0) is 13.1. The minimum atomic E-state index is 0.757. The van der Waals surface area contributed by atoms with Gasteiger partial charge < -0.3 is 9.64 Å².